The zero-order valence-corrected chi connectivity index (χ0v) is 12.7. The van der Waals surface area contributed by atoms with Gasteiger partial charge in [0.05, 0.1) is 30.2 Å². The number of hydrogen-bond donors (Lipinski definition) is 1. The van der Waals surface area contributed by atoms with E-state index in [-0.39, 0.29) is 27.6 Å². The summed E-state index contributed by atoms with van der Waals surface area (Å²) in [7, 11) is 1.42. The summed E-state index contributed by atoms with van der Waals surface area (Å²) in [4.78, 5) is 10.7. The molecular formula is C16H11ClFNO4. The number of nitriles is 1. The van der Waals surface area contributed by atoms with E-state index in [1.165, 1.54) is 37.4 Å². The Morgan fingerprint density at radius 3 is 2.65 bits per heavy atom. The molecule has 0 heterocycles. The Morgan fingerprint density at radius 1 is 1.35 bits per heavy atom. The number of carboxylic acid groups (broad SMARTS) is 1. The molecule has 0 amide bonds. The van der Waals surface area contributed by atoms with E-state index in [1.54, 1.807) is 0 Å². The molecule has 0 saturated carbocycles. The van der Waals surface area contributed by atoms with Crippen LogP contribution in [0.2, 0.25) is 5.02 Å². The second-order valence-electron chi connectivity index (χ2n) is 4.53. The van der Waals surface area contributed by atoms with E-state index in [1.807, 2.05) is 6.07 Å². The lowest BCUT2D eigenvalue weighted by molar-refractivity contribution is -0.136. The van der Waals surface area contributed by atoms with E-state index >= 15 is 0 Å². The highest BCUT2D eigenvalue weighted by Gasteiger charge is 2.17. The molecule has 0 atom stereocenters. The SMILES string of the molecule is COc1cc(C#N)cc(Oc2c(Cl)ccc(CC(=O)O)c2F)c1. The Bertz CT molecular complexity index is 801. The van der Waals surface area contributed by atoms with Crippen LogP contribution in [-0.2, 0) is 11.2 Å². The average molecular weight is 336 g/mol. The van der Waals surface area contributed by atoms with Crippen LogP contribution in [0.3, 0.4) is 0 Å². The smallest absolute Gasteiger partial charge is 0.307 e. The molecule has 0 spiro atoms. The van der Waals surface area contributed by atoms with Crippen molar-refractivity contribution in [1.29, 1.82) is 5.26 Å². The number of aliphatic carboxylic acids is 1. The van der Waals surface area contributed by atoms with Gasteiger partial charge in [0.1, 0.15) is 11.5 Å². The van der Waals surface area contributed by atoms with Crippen molar-refractivity contribution >= 4 is 17.6 Å². The number of nitrogens with zero attached hydrogens (tertiary/aromatic N) is 1. The molecule has 0 radical (unpaired) electrons. The summed E-state index contributed by atoms with van der Waals surface area (Å²) in [6.45, 7) is 0. The average Bonchev–Trinajstić information content (AvgIpc) is 2.53. The number of hydrogen-bond acceptors (Lipinski definition) is 4. The molecule has 0 aliphatic heterocycles. The van der Waals surface area contributed by atoms with Crippen molar-refractivity contribution in [3.05, 3.63) is 52.3 Å². The van der Waals surface area contributed by atoms with Gasteiger partial charge in [-0.25, -0.2) is 4.39 Å². The van der Waals surface area contributed by atoms with Crippen LogP contribution in [0.4, 0.5) is 4.39 Å². The van der Waals surface area contributed by atoms with Crippen molar-refractivity contribution in [3.8, 4) is 23.3 Å². The van der Waals surface area contributed by atoms with Crippen molar-refractivity contribution in [2.45, 2.75) is 6.42 Å². The van der Waals surface area contributed by atoms with Crippen molar-refractivity contribution in [2.24, 2.45) is 0 Å². The van der Waals surface area contributed by atoms with E-state index in [9.17, 15) is 9.18 Å². The fraction of sp³-hybridized carbons (Fsp3) is 0.125. The zero-order chi connectivity index (χ0) is 17.0. The third-order valence-electron chi connectivity index (χ3n) is 2.94. The van der Waals surface area contributed by atoms with Gasteiger partial charge >= 0.3 is 5.97 Å². The number of carboxylic acids is 1. The highest BCUT2D eigenvalue weighted by Crippen LogP contribution is 2.35. The van der Waals surface area contributed by atoms with Crippen LogP contribution in [0.25, 0.3) is 0 Å². The fourth-order valence-corrected chi connectivity index (χ4v) is 2.08. The van der Waals surface area contributed by atoms with Gasteiger partial charge in [-0.1, -0.05) is 17.7 Å². The van der Waals surface area contributed by atoms with Gasteiger partial charge in [0.2, 0.25) is 0 Å². The fourth-order valence-electron chi connectivity index (χ4n) is 1.90. The second kappa shape index (κ2) is 6.99. The molecule has 118 valence electrons. The van der Waals surface area contributed by atoms with Gasteiger partial charge in [-0.2, -0.15) is 5.26 Å². The van der Waals surface area contributed by atoms with Crippen molar-refractivity contribution in [3.63, 3.8) is 0 Å². The minimum atomic E-state index is -1.18. The number of ether oxygens (including phenoxy) is 2. The molecule has 2 aromatic carbocycles. The van der Waals surface area contributed by atoms with Gasteiger partial charge < -0.3 is 14.6 Å². The summed E-state index contributed by atoms with van der Waals surface area (Å²) in [6.07, 6.45) is -0.499. The molecule has 23 heavy (non-hydrogen) atoms. The summed E-state index contributed by atoms with van der Waals surface area (Å²) in [6, 6.07) is 8.91. The monoisotopic (exact) mass is 335 g/mol. The van der Waals surface area contributed by atoms with E-state index < -0.39 is 18.2 Å². The number of carbonyl (C=O) groups is 1. The number of rotatable bonds is 5. The molecule has 2 aromatic rings. The van der Waals surface area contributed by atoms with Crippen molar-refractivity contribution in [1.82, 2.24) is 0 Å². The Kier molecular flexibility index (Phi) is 5.04. The lowest BCUT2D eigenvalue weighted by Gasteiger charge is -2.12. The number of methoxy groups -OCH3 is 1. The maximum Gasteiger partial charge on any atom is 0.307 e. The summed E-state index contributed by atoms with van der Waals surface area (Å²) in [5.41, 5.74) is 0.206. The van der Waals surface area contributed by atoms with E-state index in [2.05, 4.69) is 0 Å². The third kappa shape index (κ3) is 3.90. The molecule has 0 bridgehead atoms. The molecule has 0 saturated heterocycles. The van der Waals surface area contributed by atoms with Crippen LogP contribution in [0.5, 0.6) is 17.2 Å². The van der Waals surface area contributed by atoms with Crippen molar-refractivity contribution < 1.29 is 23.8 Å². The molecule has 2 rings (SSSR count). The minimum Gasteiger partial charge on any atom is -0.497 e. The molecule has 5 nitrogen and oxygen atoms in total. The first kappa shape index (κ1) is 16.6. The first-order valence-electron chi connectivity index (χ1n) is 6.40. The summed E-state index contributed by atoms with van der Waals surface area (Å²) < 4.78 is 24.8. The maximum atomic E-state index is 14.4. The van der Waals surface area contributed by atoms with E-state index in [0.29, 0.717) is 5.75 Å². The Labute approximate surface area is 136 Å². The van der Waals surface area contributed by atoms with Crippen LogP contribution in [0.1, 0.15) is 11.1 Å². The molecule has 0 aliphatic rings. The van der Waals surface area contributed by atoms with Gasteiger partial charge in [-0.3, -0.25) is 4.79 Å². The van der Waals surface area contributed by atoms with Gasteiger partial charge in [0.15, 0.2) is 11.6 Å². The summed E-state index contributed by atoms with van der Waals surface area (Å²) in [5, 5.41) is 17.7. The van der Waals surface area contributed by atoms with E-state index in [4.69, 9.17) is 31.4 Å². The standard InChI is InChI=1S/C16H11ClFNO4/c1-22-11-4-9(8-19)5-12(7-11)23-16-13(17)3-2-10(15(16)18)6-14(20)21/h2-5,7H,6H2,1H3,(H,20,21). The van der Waals surface area contributed by atoms with Crippen LogP contribution in [0.15, 0.2) is 30.3 Å². The Balaban J connectivity index is 2.44. The largest absolute Gasteiger partial charge is 0.497 e. The summed E-state index contributed by atoms with van der Waals surface area (Å²) >= 11 is 5.93. The Morgan fingerprint density at radius 2 is 2.04 bits per heavy atom. The lowest BCUT2D eigenvalue weighted by atomic mass is 10.1. The second-order valence-corrected chi connectivity index (χ2v) is 4.94. The van der Waals surface area contributed by atoms with Crippen LogP contribution in [-0.4, -0.2) is 18.2 Å². The van der Waals surface area contributed by atoms with Crippen molar-refractivity contribution in [2.75, 3.05) is 7.11 Å². The number of halogens is 2. The van der Waals surface area contributed by atoms with E-state index in [0.717, 1.165) is 0 Å². The molecule has 1 N–H and O–H groups in total. The molecule has 0 fully saturated rings. The first-order valence-corrected chi connectivity index (χ1v) is 6.78. The highest BCUT2D eigenvalue weighted by atomic mass is 35.5. The van der Waals surface area contributed by atoms with Gasteiger partial charge in [-0.15, -0.1) is 0 Å². The predicted molar refractivity (Wildman–Crippen MR) is 80.5 cm³/mol. The first-order chi connectivity index (χ1) is 10.9. The van der Waals surface area contributed by atoms with Crippen LogP contribution >= 0.6 is 11.6 Å². The topological polar surface area (TPSA) is 79.5 Å². The lowest BCUT2D eigenvalue weighted by Crippen LogP contribution is -2.04. The van der Waals surface area contributed by atoms with Crippen LogP contribution in [0, 0.1) is 17.1 Å². The van der Waals surface area contributed by atoms with Crippen LogP contribution < -0.4 is 9.47 Å². The van der Waals surface area contributed by atoms with Gasteiger partial charge in [0, 0.05) is 11.6 Å². The molecule has 0 aromatic heterocycles. The maximum absolute atomic E-state index is 14.4. The quantitative estimate of drug-likeness (QED) is 0.899. The summed E-state index contributed by atoms with van der Waals surface area (Å²) in [5.74, 6) is -1.83. The molecule has 7 heteroatoms. The molecular weight excluding hydrogens is 325 g/mol. The molecule has 0 unspecified atom stereocenters. The third-order valence-corrected chi connectivity index (χ3v) is 3.23. The normalized spacial score (nSPS) is 10.0. The zero-order valence-electron chi connectivity index (χ0n) is 12.0. The molecule has 0 aliphatic carbocycles. The van der Waals surface area contributed by atoms with Gasteiger partial charge in [0.25, 0.3) is 0 Å². The predicted octanol–water partition coefficient (Wildman–Crippen LogP) is 3.78. The minimum absolute atomic E-state index is 0.0158. The number of benzene rings is 2. The Hall–Kier alpha value is -2.78. The van der Waals surface area contributed by atoms with Gasteiger partial charge in [-0.05, 0) is 18.2 Å². The highest BCUT2D eigenvalue weighted by molar-refractivity contribution is 6.32.